The van der Waals surface area contributed by atoms with Gasteiger partial charge in [-0.05, 0) is 12.5 Å². The summed E-state index contributed by atoms with van der Waals surface area (Å²) in [5, 5.41) is 10.0. The number of benzene rings is 1. The molecule has 1 unspecified atom stereocenters. The van der Waals surface area contributed by atoms with E-state index in [1.165, 1.54) is 31.7 Å². The lowest BCUT2D eigenvalue weighted by atomic mass is 10.0. The van der Waals surface area contributed by atoms with Crippen LogP contribution in [-0.4, -0.2) is 5.11 Å². The summed E-state index contributed by atoms with van der Waals surface area (Å²) in [7, 11) is 0. The van der Waals surface area contributed by atoms with Crippen molar-refractivity contribution in [2.24, 2.45) is 0 Å². The second kappa shape index (κ2) is 8.49. The molecule has 1 atom stereocenters. The maximum Gasteiger partial charge on any atom is 0.147 e. The second-order valence-corrected chi connectivity index (χ2v) is 5.12. The molecule has 0 saturated heterocycles. The van der Waals surface area contributed by atoms with E-state index < -0.39 is 11.9 Å². The van der Waals surface area contributed by atoms with Crippen LogP contribution in [-0.2, 0) is 0 Å². The van der Waals surface area contributed by atoms with Crippen molar-refractivity contribution < 1.29 is 9.50 Å². The Bertz CT molecular complexity index is 354. The summed E-state index contributed by atoms with van der Waals surface area (Å²) in [4.78, 5) is 0. The molecule has 0 heterocycles. The van der Waals surface area contributed by atoms with Crippen molar-refractivity contribution in [3.05, 3.63) is 34.6 Å². The van der Waals surface area contributed by atoms with E-state index in [1.807, 2.05) is 0 Å². The first-order valence-corrected chi connectivity index (χ1v) is 7.16. The Kier molecular flexibility index (Phi) is 7.29. The molecule has 0 amide bonds. The van der Waals surface area contributed by atoms with Crippen molar-refractivity contribution in [2.75, 3.05) is 0 Å². The molecule has 1 nitrogen and oxygen atoms in total. The number of halogens is 2. The summed E-state index contributed by atoms with van der Waals surface area (Å²) in [6.45, 7) is 2.19. The van der Waals surface area contributed by atoms with E-state index in [0.29, 0.717) is 12.0 Å². The summed E-state index contributed by atoms with van der Waals surface area (Å²) in [5.41, 5.74) is 0.316. The summed E-state index contributed by atoms with van der Waals surface area (Å²) < 4.78 is 13.6. The van der Waals surface area contributed by atoms with Gasteiger partial charge in [0.05, 0.1) is 11.1 Å². The van der Waals surface area contributed by atoms with Crippen molar-refractivity contribution in [1.29, 1.82) is 0 Å². The molecule has 1 N–H and O–H groups in total. The Labute approximate surface area is 114 Å². The Balaban J connectivity index is 2.32. The predicted octanol–water partition coefficient (Wildman–Crippen LogP) is 5.26. The molecule has 0 saturated carbocycles. The summed E-state index contributed by atoms with van der Waals surface area (Å²) in [6, 6.07) is 4.77. The van der Waals surface area contributed by atoms with Gasteiger partial charge in [0.15, 0.2) is 0 Å². The van der Waals surface area contributed by atoms with Crippen LogP contribution in [0.15, 0.2) is 18.2 Å². The zero-order valence-electron chi connectivity index (χ0n) is 11.0. The molecular formula is C15H22ClFO. The number of rotatable bonds is 8. The lowest BCUT2D eigenvalue weighted by Gasteiger charge is -2.12. The standard InChI is InChI=1S/C15H22ClFO/c1-2-3-4-5-6-7-11-14(18)12-9-8-10-13(16)15(12)17/h8-10,14,18H,2-7,11H2,1H3. The fourth-order valence-corrected chi connectivity index (χ4v) is 2.23. The molecule has 0 radical (unpaired) electrons. The van der Waals surface area contributed by atoms with E-state index in [4.69, 9.17) is 11.6 Å². The van der Waals surface area contributed by atoms with Gasteiger partial charge in [0.2, 0.25) is 0 Å². The fourth-order valence-electron chi connectivity index (χ4n) is 2.05. The van der Waals surface area contributed by atoms with Gasteiger partial charge in [-0.2, -0.15) is 0 Å². The van der Waals surface area contributed by atoms with E-state index in [-0.39, 0.29) is 5.02 Å². The maximum absolute atomic E-state index is 13.6. The summed E-state index contributed by atoms with van der Waals surface area (Å²) in [5.74, 6) is -0.488. The predicted molar refractivity (Wildman–Crippen MR) is 74.4 cm³/mol. The molecule has 0 aliphatic carbocycles. The second-order valence-electron chi connectivity index (χ2n) is 4.72. The molecule has 0 spiro atoms. The average molecular weight is 273 g/mol. The van der Waals surface area contributed by atoms with Crippen molar-refractivity contribution >= 4 is 11.6 Å². The first-order chi connectivity index (χ1) is 8.66. The van der Waals surface area contributed by atoms with E-state index in [0.717, 1.165) is 12.8 Å². The molecule has 0 bridgehead atoms. The normalized spacial score (nSPS) is 12.7. The highest BCUT2D eigenvalue weighted by molar-refractivity contribution is 6.30. The number of unbranched alkanes of at least 4 members (excludes halogenated alkanes) is 5. The SMILES string of the molecule is CCCCCCCCC(O)c1cccc(Cl)c1F. The minimum absolute atomic E-state index is 0.0782. The first-order valence-electron chi connectivity index (χ1n) is 6.78. The van der Waals surface area contributed by atoms with Crippen LogP contribution in [0, 0.1) is 5.82 Å². The largest absolute Gasteiger partial charge is 0.388 e. The summed E-state index contributed by atoms with van der Waals surface area (Å²) in [6.07, 6.45) is 6.83. The Morgan fingerprint density at radius 1 is 1.17 bits per heavy atom. The number of hydrogen-bond donors (Lipinski definition) is 1. The number of aliphatic hydroxyl groups is 1. The van der Waals surface area contributed by atoms with Crippen molar-refractivity contribution in [3.63, 3.8) is 0 Å². The molecule has 0 fully saturated rings. The van der Waals surface area contributed by atoms with Crippen LogP contribution < -0.4 is 0 Å². The molecule has 0 aromatic heterocycles. The minimum atomic E-state index is -0.741. The third kappa shape index (κ3) is 4.95. The quantitative estimate of drug-likeness (QED) is 0.640. The van der Waals surface area contributed by atoms with Crippen LogP contribution in [0.3, 0.4) is 0 Å². The smallest absolute Gasteiger partial charge is 0.147 e. The van der Waals surface area contributed by atoms with E-state index in [2.05, 4.69) is 6.92 Å². The zero-order valence-corrected chi connectivity index (χ0v) is 11.7. The lowest BCUT2D eigenvalue weighted by molar-refractivity contribution is 0.159. The lowest BCUT2D eigenvalue weighted by Crippen LogP contribution is -2.01. The molecule has 1 rings (SSSR count). The Morgan fingerprint density at radius 3 is 2.56 bits per heavy atom. The van der Waals surface area contributed by atoms with Gasteiger partial charge in [0.25, 0.3) is 0 Å². The van der Waals surface area contributed by atoms with Gasteiger partial charge in [-0.1, -0.05) is 69.2 Å². The van der Waals surface area contributed by atoms with Crippen molar-refractivity contribution in [2.45, 2.75) is 58.0 Å². The van der Waals surface area contributed by atoms with Crippen LogP contribution >= 0.6 is 11.6 Å². The molecular weight excluding hydrogens is 251 g/mol. The molecule has 102 valence electrons. The Morgan fingerprint density at radius 2 is 1.83 bits per heavy atom. The van der Waals surface area contributed by atoms with E-state index >= 15 is 0 Å². The molecule has 3 heteroatoms. The maximum atomic E-state index is 13.6. The van der Waals surface area contributed by atoms with Crippen LogP contribution in [0.25, 0.3) is 0 Å². The fraction of sp³-hybridized carbons (Fsp3) is 0.600. The third-order valence-corrected chi connectivity index (χ3v) is 3.46. The van der Waals surface area contributed by atoms with Crippen LogP contribution in [0.4, 0.5) is 4.39 Å². The van der Waals surface area contributed by atoms with E-state index in [1.54, 1.807) is 12.1 Å². The van der Waals surface area contributed by atoms with Crippen molar-refractivity contribution in [1.82, 2.24) is 0 Å². The number of hydrogen-bond acceptors (Lipinski definition) is 1. The van der Waals surface area contributed by atoms with Crippen LogP contribution in [0.2, 0.25) is 5.02 Å². The van der Waals surface area contributed by atoms with Gasteiger partial charge < -0.3 is 5.11 Å². The van der Waals surface area contributed by atoms with Gasteiger partial charge in [-0.3, -0.25) is 0 Å². The monoisotopic (exact) mass is 272 g/mol. The van der Waals surface area contributed by atoms with E-state index in [9.17, 15) is 9.50 Å². The van der Waals surface area contributed by atoms with Crippen molar-refractivity contribution in [3.8, 4) is 0 Å². The molecule has 18 heavy (non-hydrogen) atoms. The number of aliphatic hydroxyl groups excluding tert-OH is 1. The highest BCUT2D eigenvalue weighted by atomic mass is 35.5. The van der Waals surface area contributed by atoms with Gasteiger partial charge in [0, 0.05) is 5.56 Å². The topological polar surface area (TPSA) is 20.2 Å². The highest BCUT2D eigenvalue weighted by Gasteiger charge is 2.14. The van der Waals surface area contributed by atoms with Crippen LogP contribution in [0.5, 0.6) is 0 Å². The van der Waals surface area contributed by atoms with Gasteiger partial charge in [0.1, 0.15) is 5.82 Å². The summed E-state index contributed by atoms with van der Waals surface area (Å²) >= 11 is 5.69. The minimum Gasteiger partial charge on any atom is -0.388 e. The third-order valence-electron chi connectivity index (χ3n) is 3.17. The van der Waals surface area contributed by atoms with Crippen LogP contribution in [0.1, 0.15) is 63.5 Å². The molecule has 1 aromatic rings. The van der Waals surface area contributed by atoms with Gasteiger partial charge >= 0.3 is 0 Å². The highest BCUT2D eigenvalue weighted by Crippen LogP contribution is 2.26. The Hall–Kier alpha value is -0.600. The van der Waals surface area contributed by atoms with Gasteiger partial charge in [-0.15, -0.1) is 0 Å². The average Bonchev–Trinajstić information content (AvgIpc) is 2.36. The molecule has 1 aromatic carbocycles. The first kappa shape index (κ1) is 15.5. The molecule has 0 aliphatic heterocycles. The van der Waals surface area contributed by atoms with Gasteiger partial charge in [-0.25, -0.2) is 4.39 Å². The zero-order chi connectivity index (χ0) is 13.4. The molecule has 0 aliphatic rings.